The summed E-state index contributed by atoms with van der Waals surface area (Å²) in [6.07, 6.45) is 1.70. The predicted molar refractivity (Wildman–Crippen MR) is 71.9 cm³/mol. The highest BCUT2D eigenvalue weighted by atomic mass is 32.1. The maximum atomic E-state index is 5.65. The van der Waals surface area contributed by atoms with Gasteiger partial charge in [0.1, 0.15) is 11.2 Å². The number of pyridine rings is 1. The number of isothiocyanates is 1. The van der Waals surface area contributed by atoms with Crippen LogP contribution < -0.4 is 0 Å². The zero-order valence-corrected chi connectivity index (χ0v) is 10.0. The fourth-order valence-electron chi connectivity index (χ4n) is 1.63. The van der Waals surface area contributed by atoms with E-state index in [1.807, 2.05) is 30.3 Å². The van der Waals surface area contributed by atoms with E-state index in [1.54, 1.807) is 12.3 Å². The minimum absolute atomic E-state index is 0.495. The Balaban J connectivity index is 2.14. The lowest BCUT2D eigenvalue weighted by Crippen LogP contribution is -1.80. The fourth-order valence-corrected chi connectivity index (χ4v) is 1.74. The molecule has 3 rings (SSSR count). The van der Waals surface area contributed by atoms with Gasteiger partial charge >= 0.3 is 0 Å². The van der Waals surface area contributed by atoms with Gasteiger partial charge < -0.3 is 4.42 Å². The molecule has 0 spiro atoms. The summed E-state index contributed by atoms with van der Waals surface area (Å²) in [4.78, 5) is 12.5. The number of benzene rings is 1. The monoisotopic (exact) mass is 253 g/mol. The number of hydrogen-bond donors (Lipinski definition) is 0. The average Bonchev–Trinajstić information content (AvgIpc) is 2.83. The van der Waals surface area contributed by atoms with Gasteiger partial charge in [-0.25, -0.2) is 4.98 Å². The SMILES string of the molecule is S=C=Nc1ccc2nc(-c3ccccn3)oc2c1. The van der Waals surface area contributed by atoms with Crippen LogP contribution in [0.5, 0.6) is 0 Å². The maximum absolute atomic E-state index is 5.65. The lowest BCUT2D eigenvalue weighted by molar-refractivity contribution is 0.617. The summed E-state index contributed by atoms with van der Waals surface area (Å²) in [6, 6.07) is 11.0. The molecule has 0 saturated heterocycles. The smallest absolute Gasteiger partial charge is 0.246 e. The number of nitrogens with zero attached hydrogens (tertiary/aromatic N) is 3. The van der Waals surface area contributed by atoms with Gasteiger partial charge in [0.05, 0.1) is 10.8 Å². The number of aromatic nitrogens is 2. The number of fused-ring (bicyclic) bond motifs is 1. The van der Waals surface area contributed by atoms with Crippen molar-refractivity contribution in [3.8, 4) is 11.6 Å². The summed E-state index contributed by atoms with van der Waals surface area (Å²) in [6.45, 7) is 0. The topological polar surface area (TPSA) is 51.3 Å². The molecule has 4 nitrogen and oxygen atoms in total. The minimum Gasteiger partial charge on any atom is -0.435 e. The molecule has 0 aliphatic heterocycles. The summed E-state index contributed by atoms with van der Waals surface area (Å²) >= 11 is 4.57. The lowest BCUT2D eigenvalue weighted by atomic mass is 10.3. The van der Waals surface area contributed by atoms with Crippen LogP contribution in [-0.4, -0.2) is 15.1 Å². The second kappa shape index (κ2) is 4.49. The van der Waals surface area contributed by atoms with E-state index in [1.165, 1.54) is 0 Å². The van der Waals surface area contributed by atoms with Gasteiger partial charge in [-0.3, -0.25) is 4.98 Å². The first-order valence-corrected chi connectivity index (χ1v) is 5.67. The molecule has 0 radical (unpaired) electrons. The van der Waals surface area contributed by atoms with Crippen molar-refractivity contribution in [2.24, 2.45) is 4.99 Å². The van der Waals surface area contributed by atoms with Crippen LogP contribution in [0, 0.1) is 0 Å². The molecule has 18 heavy (non-hydrogen) atoms. The number of thiocarbonyl (C=S) groups is 1. The Morgan fingerprint density at radius 2 is 2.17 bits per heavy atom. The zero-order valence-electron chi connectivity index (χ0n) is 9.20. The first kappa shape index (κ1) is 10.8. The van der Waals surface area contributed by atoms with Crippen LogP contribution in [0.15, 0.2) is 52.0 Å². The third-order valence-electron chi connectivity index (χ3n) is 2.43. The van der Waals surface area contributed by atoms with E-state index in [4.69, 9.17) is 4.42 Å². The third kappa shape index (κ3) is 1.93. The van der Waals surface area contributed by atoms with Crippen LogP contribution in [0.4, 0.5) is 5.69 Å². The summed E-state index contributed by atoms with van der Waals surface area (Å²) in [5.74, 6) is 0.495. The van der Waals surface area contributed by atoms with Gasteiger partial charge in [-0.05, 0) is 36.5 Å². The molecule has 0 N–H and O–H groups in total. The minimum atomic E-state index is 0.495. The molecule has 0 bridgehead atoms. The van der Waals surface area contributed by atoms with Gasteiger partial charge in [-0.2, -0.15) is 4.99 Å². The van der Waals surface area contributed by atoms with Gasteiger partial charge in [0.25, 0.3) is 0 Å². The van der Waals surface area contributed by atoms with Gasteiger partial charge in [0.15, 0.2) is 5.58 Å². The van der Waals surface area contributed by atoms with Crippen molar-refractivity contribution in [3.63, 3.8) is 0 Å². The van der Waals surface area contributed by atoms with E-state index in [0.717, 1.165) is 5.52 Å². The highest BCUT2D eigenvalue weighted by Gasteiger charge is 2.08. The Morgan fingerprint density at radius 1 is 1.22 bits per heavy atom. The molecule has 86 valence electrons. The summed E-state index contributed by atoms with van der Waals surface area (Å²) in [5, 5.41) is 2.32. The van der Waals surface area contributed by atoms with Gasteiger partial charge in [0, 0.05) is 12.3 Å². The molecule has 0 fully saturated rings. The molecule has 2 heterocycles. The Labute approximate surface area is 108 Å². The number of oxazole rings is 1. The van der Waals surface area contributed by atoms with Crippen LogP contribution in [-0.2, 0) is 0 Å². The van der Waals surface area contributed by atoms with Crippen molar-refractivity contribution >= 4 is 34.2 Å². The molecular weight excluding hydrogens is 246 g/mol. The first-order valence-electron chi connectivity index (χ1n) is 5.27. The Hall–Kier alpha value is -2.36. The molecule has 0 amide bonds. The predicted octanol–water partition coefficient (Wildman–Crippen LogP) is 3.62. The number of rotatable bonds is 2. The van der Waals surface area contributed by atoms with Crippen LogP contribution >= 0.6 is 12.2 Å². The Bertz CT molecular complexity index is 745. The molecule has 0 atom stereocenters. The quantitative estimate of drug-likeness (QED) is 0.517. The Kier molecular flexibility index (Phi) is 2.68. The van der Waals surface area contributed by atoms with E-state index in [9.17, 15) is 0 Å². The van der Waals surface area contributed by atoms with Crippen molar-refractivity contribution in [1.29, 1.82) is 0 Å². The second-order valence-corrected chi connectivity index (χ2v) is 3.77. The van der Waals surface area contributed by atoms with Crippen molar-refractivity contribution in [1.82, 2.24) is 9.97 Å². The van der Waals surface area contributed by atoms with E-state index < -0.39 is 0 Å². The molecule has 0 aliphatic carbocycles. The molecule has 3 aromatic rings. The first-order chi connectivity index (χ1) is 8.86. The fraction of sp³-hybridized carbons (Fsp3) is 0. The number of aliphatic imine (C=N–C) groups is 1. The van der Waals surface area contributed by atoms with E-state index >= 15 is 0 Å². The summed E-state index contributed by atoms with van der Waals surface area (Å²) in [7, 11) is 0. The van der Waals surface area contributed by atoms with Crippen LogP contribution in [0.25, 0.3) is 22.7 Å². The average molecular weight is 253 g/mol. The number of hydrogen-bond acceptors (Lipinski definition) is 5. The van der Waals surface area contributed by atoms with Gasteiger partial charge in [-0.1, -0.05) is 6.07 Å². The van der Waals surface area contributed by atoms with Gasteiger partial charge in [-0.15, -0.1) is 0 Å². The third-order valence-corrected chi connectivity index (χ3v) is 2.52. The molecule has 0 aliphatic rings. The highest BCUT2D eigenvalue weighted by molar-refractivity contribution is 7.78. The zero-order chi connectivity index (χ0) is 12.4. The molecule has 5 heteroatoms. The van der Waals surface area contributed by atoms with Crippen LogP contribution in [0.1, 0.15) is 0 Å². The summed E-state index contributed by atoms with van der Waals surface area (Å²) in [5.41, 5.74) is 2.82. The van der Waals surface area contributed by atoms with Crippen molar-refractivity contribution in [3.05, 3.63) is 42.6 Å². The highest BCUT2D eigenvalue weighted by Crippen LogP contribution is 2.25. The van der Waals surface area contributed by atoms with E-state index in [-0.39, 0.29) is 0 Å². The Morgan fingerprint density at radius 3 is 2.94 bits per heavy atom. The van der Waals surface area contributed by atoms with Crippen LogP contribution in [0.3, 0.4) is 0 Å². The summed E-state index contributed by atoms with van der Waals surface area (Å²) < 4.78 is 5.65. The van der Waals surface area contributed by atoms with Crippen molar-refractivity contribution in [2.75, 3.05) is 0 Å². The molecule has 0 unspecified atom stereocenters. The molecular formula is C13H7N3OS. The van der Waals surface area contributed by atoms with Crippen molar-refractivity contribution in [2.45, 2.75) is 0 Å². The van der Waals surface area contributed by atoms with E-state index in [0.29, 0.717) is 22.9 Å². The lowest BCUT2D eigenvalue weighted by Gasteiger charge is -1.90. The van der Waals surface area contributed by atoms with Crippen molar-refractivity contribution < 1.29 is 4.42 Å². The molecule has 2 aromatic heterocycles. The maximum Gasteiger partial charge on any atom is 0.246 e. The normalized spacial score (nSPS) is 10.2. The van der Waals surface area contributed by atoms with Gasteiger partial charge in [0.2, 0.25) is 5.89 Å². The second-order valence-electron chi connectivity index (χ2n) is 3.59. The van der Waals surface area contributed by atoms with E-state index in [2.05, 4.69) is 32.3 Å². The standard InChI is InChI=1S/C13H7N3OS/c18-8-15-9-4-5-10-12(7-9)17-13(16-10)11-3-1-2-6-14-11/h1-7H. The molecule has 0 saturated carbocycles. The largest absolute Gasteiger partial charge is 0.435 e. The molecule has 1 aromatic carbocycles. The van der Waals surface area contributed by atoms with Crippen LogP contribution in [0.2, 0.25) is 0 Å².